The van der Waals surface area contributed by atoms with Gasteiger partial charge in [-0.3, -0.25) is 4.90 Å². The number of likely N-dealkylation sites (N-methyl/N-ethyl adjacent to an activating group) is 1. The fourth-order valence-corrected chi connectivity index (χ4v) is 2.62. The van der Waals surface area contributed by atoms with Crippen LogP contribution in [0.1, 0.15) is 39.2 Å². The van der Waals surface area contributed by atoms with Gasteiger partial charge in [0, 0.05) is 24.2 Å². The molecule has 0 spiro atoms. The van der Waals surface area contributed by atoms with Crippen LogP contribution in [0.2, 0.25) is 5.02 Å². The summed E-state index contributed by atoms with van der Waals surface area (Å²) in [4.78, 5) is 2.43. The Morgan fingerprint density at radius 1 is 1.25 bits per heavy atom. The maximum Gasteiger partial charge on any atom is 0.0409 e. The minimum Gasteiger partial charge on any atom is -0.315 e. The quantitative estimate of drug-likeness (QED) is 0.735. The third-order valence-corrected chi connectivity index (χ3v) is 3.73. The van der Waals surface area contributed by atoms with Crippen molar-refractivity contribution in [2.75, 3.05) is 20.1 Å². The molecule has 1 aromatic carbocycles. The Bertz CT molecular complexity index is 379. The Morgan fingerprint density at radius 3 is 2.60 bits per heavy atom. The van der Waals surface area contributed by atoms with Crippen LogP contribution in [0.5, 0.6) is 0 Å². The SMILES string of the molecule is CCCC(CNCC(C)C)N(C)Cc1cccc(Cl)c1. The van der Waals surface area contributed by atoms with Gasteiger partial charge in [0.25, 0.3) is 0 Å². The van der Waals surface area contributed by atoms with E-state index in [1.54, 1.807) is 0 Å². The molecule has 1 atom stereocenters. The molecule has 0 amide bonds. The number of halogens is 1. The molecule has 0 saturated carbocycles. The summed E-state index contributed by atoms with van der Waals surface area (Å²) in [6.45, 7) is 9.85. The second-order valence-corrected chi connectivity index (χ2v) is 6.48. The molecule has 0 bridgehead atoms. The number of nitrogens with zero attached hydrogens (tertiary/aromatic N) is 1. The number of nitrogens with one attached hydrogen (secondary N) is 1. The summed E-state index contributed by atoms with van der Waals surface area (Å²) in [6, 6.07) is 8.74. The van der Waals surface area contributed by atoms with Crippen molar-refractivity contribution in [2.45, 2.75) is 46.2 Å². The van der Waals surface area contributed by atoms with E-state index in [0.717, 1.165) is 24.7 Å². The van der Waals surface area contributed by atoms with Crippen LogP contribution in [0, 0.1) is 5.92 Å². The molecule has 1 unspecified atom stereocenters. The molecule has 0 aromatic heterocycles. The van der Waals surface area contributed by atoms with Crippen LogP contribution >= 0.6 is 11.6 Å². The molecule has 2 nitrogen and oxygen atoms in total. The van der Waals surface area contributed by atoms with E-state index in [9.17, 15) is 0 Å². The smallest absolute Gasteiger partial charge is 0.0409 e. The van der Waals surface area contributed by atoms with Gasteiger partial charge in [-0.2, -0.15) is 0 Å². The van der Waals surface area contributed by atoms with Gasteiger partial charge in [-0.15, -0.1) is 0 Å². The highest BCUT2D eigenvalue weighted by Gasteiger charge is 2.14. The van der Waals surface area contributed by atoms with Gasteiger partial charge in [0.15, 0.2) is 0 Å². The van der Waals surface area contributed by atoms with Crippen molar-refractivity contribution in [2.24, 2.45) is 5.92 Å². The van der Waals surface area contributed by atoms with Crippen molar-refractivity contribution in [3.63, 3.8) is 0 Å². The summed E-state index contributed by atoms with van der Waals surface area (Å²) in [5, 5.41) is 4.40. The van der Waals surface area contributed by atoms with Crippen molar-refractivity contribution < 1.29 is 0 Å². The minimum absolute atomic E-state index is 0.581. The Labute approximate surface area is 129 Å². The van der Waals surface area contributed by atoms with E-state index >= 15 is 0 Å². The zero-order valence-electron chi connectivity index (χ0n) is 13.3. The molecular formula is C17H29ClN2. The minimum atomic E-state index is 0.581. The maximum atomic E-state index is 6.06. The van der Waals surface area contributed by atoms with Crippen LogP contribution in [0.3, 0.4) is 0 Å². The Balaban J connectivity index is 2.52. The lowest BCUT2D eigenvalue weighted by Gasteiger charge is -2.28. The van der Waals surface area contributed by atoms with Gasteiger partial charge in [-0.05, 0) is 43.6 Å². The van der Waals surface area contributed by atoms with E-state index in [1.807, 2.05) is 12.1 Å². The molecule has 1 rings (SSSR count). The van der Waals surface area contributed by atoms with Gasteiger partial charge in [0.1, 0.15) is 0 Å². The molecule has 1 aromatic rings. The van der Waals surface area contributed by atoms with Crippen molar-refractivity contribution >= 4 is 11.6 Å². The zero-order valence-corrected chi connectivity index (χ0v) is 14.1. The molecule has 0 aliphatic heterocycles. The van der Waals surface area contributed by atoms with Crippen LogP contribution in [-0.2, 0) is 6.54 Å². The molecule has 3 heteroatoms. The van der Waals surface area contributed by atoms with E-state index in [1.165, 1.54) is 18.4 Å². The average molecular weight is 297 g/mol. The summed E-state index contributed by atoms with van der Waals surface area (Å²) in [6.07, 6.45) is 2.44. The first-order chi connectivity index (χ1) is 9.52. The number of hydrogen-bond acceptors (Lipinski definition) is 2. The standard InChI is InChI=1S/C17H29ClN2/c1-5-7-17(12-19-11-14(2)3)20(4)13-15-8-6-9-16(18)10-15/h6,8-10,14,17,19H,5,7,11-13H2,1-4H3. The van der Waals surface area contributed by atoms with Crippen molar-refractivity contribution in [1.29, 1.82) is 0 Å². The highest BCUT2D eigenvalue weighted by Crippen LogP contribution is 2.14. The first-order valence-electron chi connectivity index (χ1n) is 7.68. The predicted molar refractivity (Wildman–Crippen MR) is 89.3 cm³/mol. The largest absolute Gasteiger partial charge is 0.315 e. The van der Waals surface area contributed by atoms with Gasteiger partial charge in [-0.1, -0.05) is 50.9 Å². The third-order valence-electron chi connectivity index (χ3n) is 3.50. The topological polar surface area (TPSA) is 15.3 Å². The van der Waals surface area contributed by atoms with Crippen LogP contribution in [-0.4, -0.2) is 31.1 Å². The first kappa shape index (κ1) is 17.5. The van der Waals surface area contributed by atoms with Crippen molar-refractivity contribution in [1.82, 2.24) is 10.2 Å². The highest BCUT2D eigenvalue weighted by molar-refractivity contribution is 6.30. The van der Waals surface area contributed by atoms with Crippen molar-refractivity contribution in [3.05, 3.63) is 34.9 Å². The van der Waals surface area contributed by atoms with Gasteiger partial charge >= 0.3 is 0 Å². The van der Waals surface area contributed by atoms with Gasteiger partial charge in [-0.25, -0.2) is 0 Å². The van der Waals surface area contributed by atoms with Crippen LogP contribution < -0.4 is 5.32 Å². The number of benzene rings is 1. The normalized spacial score (nSPS) is 13.2. The highest BCUT2D eigenvalue weighted by atomic mass is 35.5. The van der Waals surface area contributed by atoms with E-state index in [0.29, 0.717) is 12.0 Å². The molecule has 20 heavy (non-hydrogen) atoms. The van der Waals surface area contributed by atoms with Crippen LogP contribution in [0.4, 0.5) is 0 Å². The molecule has 0 heterocycles. The monoisotopic (exact) mass is 296 g/mol. The fraction of sp³-hybridized carbons (Fsp3) is 0.647. The lowest BCUT2D eigenvalue weighted by atomic mass is 10.1. The summed E-state index contributed by atoms with van der Waals surface area (Å²) in [5.41, 5.74) is 1.28. The molecule has 0 fully saturated rings. The molecule has 0 aliphatic rings. The van der Waals surface area contributed by atoms with Gasteiger partial charge in [0.05, 0.1) is 0 Å². The predicted octanol–water partition coefficient (Wildman–Crippen LogP) is 4.19. The number of rotatable bonds is 9. The zero-order chi connectivity index (χ0) is 15.0. The fourth-order valence-electron chi connectivity index (χ4n) is 2.40. The molecule has 1 N–H and O–H groups in total. The van der Waals surface area contributed by atoms with E-state index in [-0.39, 0.29) is 0 Å². The second-order valence-electron chi connectivity index (χ2n) is 6.04. The van der Waals surface area contributed by atoms with Crippen LogP contribution in [0.15, 0.2) is 24.3 Å². The van der Waals surface area contributed by atoms with Crippen LogP contribution in [0.25, 0.3) is 0 Å². The Morgan fingerprint density at radius 2 is 2.00 bits per heavy atom. The third kappa shape index (κ3) is 6.74. The summed E-state index contributed by atoms with van der Waals surface area (Å²) < 4.78 is 0. The lowest BCUT2D eigenvalue weighted by molar-refractivity contribution is 0.213. The first-order valence-corrected chi connectivity index (χ1v) is 8.06. The van der Waals surface area contributed by atoms with E-state index in [2.05, 4.69) is 50.2 Å². The van der Waals surface area contributed by atoms with Gasteiger partial charge in [0.2, 0.25) is 0 Å². The lowest BCUT2D eigenvalue weighted by Crippen LogP contribution is -2.40. The molecule has 0 aliphatic carbocycles. The second kappa shape index (κ2) is 9.38. The molecule has 0 radical (unpaired) electrons. The molecule has 0 saturated heterocycles. The Kier molecular flexibility index (Phi) is 8.20. The summed E-state index contributed by atoms with van der Waals surface area (Å²) in [5.74, 6) is 0.704. The maximum absolute atomic E-state index is 6.06. The summed E-state index contributed by atoms with van der Waals surface area (Å²) >= 11 is 6.06. The molecular weight excluding hydrogens is 268 g/mol. The molecule has 114 valence electrons. The van der Waals surface area contributed by atoms with E-state index in [4.69, 9.17) is 11.6 Å². The van der Waals surface area contributed by atoms with Crippen molar-refractivity contribution in [3.8, 4) is 0 Å². The van der Waals surface area contributed by atoms with Gasteiger partial charge < -0.3 is 5.32 Å². The number of hydrogen-bond donors (Lipinski definition) is 1. The van der Waals surface area contributed by atoms with E-state index < -0.39 is 0 Å². The average Bonchev–Trinajstić information content (AvgIpc) is 2.37. The Hall–Kier alpha value is -0.570. The summed E-state index contributed by atoms with van der Waals surface area (Å²) in [7, 11) is 2.21.